The zero-order valence-electron chi connectivity index (χ0n) is 9.88. The molecule has 1 rings (SSSR count). The summed E-state index contributed by atoms with van der Waals surface area (Å²) in [6.07, 6.45) is 10.7. The SMILES string of the molecule is C[C@H]1OC(C)(C)O[C@@H]1/C=C/C=C/C=C/C#N. The molecule has 86 valence electrons. The summed E-state index contributed by atoms with van der Waals surface area (Å²) in [5, 5.41) is 8.26. The molecule has 0 unspecified atom stereocenters. The van der Waals surface area contributed by atoms with E-state index in [0.717, 1.165) is 0 Å². The number of hydrogen-bond donors (Lipinski definition) is 0. The number of nitrogens with zero attached hydrogens (tertiary/aromatic N) is 1. The smallest absolute Gasteiger partial charge is 0.164 e. The minimum atomic E-state index is -0.501. The summed E-state index contributed by atoms with van der Waals surface area (Å²) < 4.78 is 11.3. The van der Waals surface area contributed by atoms with Crippen molar-refractivity contribution in [2.45, 2.75) is 38.8 Å². The maximum absolute atomic E-state index is 8.26. The Hall–Kier alpha value is -1.37. The van der Waals surface area contributed by atoms with Crippen molar-refractivity contribution in [3.63, 3.8) is 0 Å². The Kier molecular flexibility index (Phi) is 4.48. The third kappa shape index (κ3) is 4.01. The molecule has 0 bridgehead atoms. The molecule has 0 N–H and O–H groups in total. The monoisotopic (exact) mass is 219 g/mol. The second-order valence-corrected chi connectivity index (χ2v) is 4.06. The molecule has 0 aromatic heterocycles. The van der Waals surface area contributed by atoms with Crippen molar-refractivity contribution < 1.29 is 9.47 Å². The summed E-state index contributed by atoms with van der Waals surface area (Å²) in [6.45, 7) is 5.80. The van der Waals surface area contributed by atoms with Gasteiger partial charge in [-0.15, -0.1) is 0 Å². The van der Waals surface area contributed by atoms with Gasteiger partial charge in [0.05, 0.1) is 12.2 Å². The van der Waals surface area contributed by atoms with E-state index in [9.17, 15) is 0 Å². The highest BCUT2D eigenvalue weighted by Gasteiger charge is 2.36. The second-order valence-electron chi connectivity index (χ2n) is 4.06. The molecular formula is C13H17NO2. The van der Waals surface area contributed by atoms with Crippen LogP contribution >= 0.6 is 0 Å². The van der Waals surface area contributed by atoms with Gasteiger partial charge in [-0.05, 0) is 20.8 Å². The van der Waals surface area contributed by atoms with Gasteiger partial charge in [-0.1, -0.05) is 30.4 Å². The highest BCUT2D eigenvalue weighted by molar-refractivity contribution is 5.16. The Bertz CT molecular complexity index is 347. The minimum Gasteiger partial charge on any atom is -0.345 e. The first-order chi connectivity index (χ1) is 7.55. The molecule has 0 radical (unpaired) electrons. The number of hydrogen-bond acceptors (Lipinski definition) is 3. The van der Waals surface area contributed by atoms with Gasteiger partial charge < -0.3 is 9.47 Å². The third-order valence-electron chi connectivity index (χ3n) is 2.16. The Morgan fingerprint density at radius 2 is 1.81 bits per heavy atom. The molecule has 0 saturated carbocycles. The fourth-order valence-electron chi connectivity index (χ4n) is 1.56. The highest BCUT2D eigenvalue weighted by atomic mass is 16.7. The third-order valence-corrected chi connectivity index (χ3v) is 2.16. The van der Waals surface area contributed by atoms with Crippen molar-refractivity contribution in [2.75, 3.05) is 0 Å². The van der Waals surface area contributed by atoms with Gasteiger partial charge >= 0.3 is 0 Å². The fourth-order valence-corrected chi connectivity index (χ4v) is 1.56. The lowest BCUT2D eigenvalue weighted by Crippen LogP contribution is -2.20. The summed E-state index contributed by atoms with van der Waals surface area (Å²) in [5.74, 6) is -0.501. The van der Waals surface area contributed by atoms with E-state index >= 15 is 0 Å². The van der Waals surface area contributed by atoms with Crippen molar-refractivity contribution >= 4 is 0 Å². The van der Waals surface area contributed by atoms with Crippen LogP contribution in [0.25, 0.3) is 0 Å². The average molecular weight is 219 g/mol. The highest BCUT2D eigenvalue weighted by Crippen LogP contribution is 2.28. The average Bonchev–Trinajstić information content (AvgIpc) is 2.45. The van der Waals surface area contributed by atoms with Gasteiger partial charge in [-0.2, -0.15) is 5.26 Å². The first-order valence-electron chi connectivity index (χ1n) is 5.30. The first-order valence-corrected chi connectivity index (χ1v) is 5.30. The lowest BCUT2D eigenvalue weighted by molar-refractivity contribution is -0.141. The van der Waals surface area contributed by atoms with Crippen molar-refractivity contribution in [3.05, 3.63) is 36.5 Å². The predicted octanol–water partition coefficient (Wildman–Crippen LogP) is 2.72. The van der Waals surface area contributed by atoms with E-state index < -0.39 is 5.79 Å². The molecule has 0 aromatic rings. The summed E-state index contributed by atoms with van der Waals surface area (Å²) in [7, 11) is 0. The molecule has 0 spiro atoms. The van der Waals surface area contributed by atoms with E-state index in [2.05, 4.69) is 0 Å². The van der Waals surface area contributed by atoms with Crippen LogP contribution in [0.3, 0.4) is 0 Å². The Balaban J connectivity index is 2.44. The molecule has 0 amide bonds. The maximum atomic E-state index is 8.26. The van der Waals surface area contributed by atoms with Crippen LogP contribution in [0.4, 0.5) is 0 Å². The summed E-state index contributed by atoms with van der Waals surface area (Å²) in [5.41, 5.74) is 0. The molecule has 1 heterocycles. The molecule has 16 heavy (non-hydrogen) atoms. The Morgan fingerprint density at radius 3 is 2.38 bits per heavy atom. The van der Waals surface area contributed by atoms with Gasteiger partial charge in [0.2, 0.25) is 0 Å². The van der Waals surface area contributed by atoms with Gasteiger partial charge in [-0.3, -0.25) is 0 Å². The molecule has 3 nitrogen and oxygen atoms in total. The maximum Gasteiger partial charge on any atom is 0.164 e. The minimum absolute atomic E-state index is 0.0143. The molecule has 2 atom stereocenters. The van der Waals surface area contributed by atoms with Crippen molar-refractivity contribution in [1.29, 1.82) is 5.26 Å². The van der Waals surface area contributed by atoms with E-state index in [-0.39, 0.29) is 12.2 Å². The van der Waals surface area contributed by atoms with E-state index in [1.165, 1.54) is 6.08 Å². The van der Waals surface area contributed by atoms with Crippen LogP contribution in [0.1, 0.15) is 20.8 Å². The predicted molar refractivity (Wildman–Crippen MR) is 62.5 cm³/mol. The number of nitriles is 1. The number of allylic oxidation sites excluding steroid dienone is 5. The lowest BCUT2D eigenvalue weighted by atomic mass is 10.2. The molecule has 1 fully saturated rings. The van der Waals surface area contributed by atoms with Crippen LogP contribution in [-0.4, -0.2) is 18.0 Å². The zero-order valence-corrected chi connectivity index (χ0v) is 9.88. The normalized spacial score (nSPS) is 29.4. The molecule has 1 aliphatic heterocycles. The topological polar surface area (TPSA) is 42.2 Å². The van der Waals surface area contributed by atoms with Gasteiger partial charge in [0.1, 0.15) is 6.10 Å². The fraction of sp³-hybridized carbons (Fsp3) is 0.462. The van der Waals surface area contributed by atoms with Crippen LogP contribution in [0.2, 0.25) is 0 Å². The quantitative estimate of drug-likeness (QED) is 0.541. The summed E-state index contributed by atoms with van der Waals surface area (Å²) in [4.78, 5) is 0. The number of ether oxygens (including phenoxy) is 2. The second kappa shape index (κ2) is 5.64. The van der Waals surface area contributed by atoms with Crippen molar-refractivity contribution in [1.82, 2.24) is 0 Å². The van der Waals surface area contributed by atoms with Gasteiger partial charge in [-0.25, -0.2) is 0 Å². The van der Waals surface area contributed by atoms with E-state index in [4.69, 9.17) is 14.7 Å². The van der Waals surface area contributed by atoms with Gasteiger partial charge in [0.25, 0.3) is 0 Å². The molecular weight excluding hydrogens is 202 g/mol. The molecule has 0 aliphatic carbocycles. The van der Waals surface area contributed by atoms with Crippen LogP contribution in [0.5, 0.6) is 0 Å². The zero-order chi connectivity index (χ0) is 12.0. The molecule has 1 aliphatic rings. The van der Waals surface area contributed by atoms with Crippen LogP contribution in [0.15, 0.2) is 36.5 Å². The summed E-state index contributed by atoms with van der Waals surface area (Å²) in [6, 6.07) is 1.92. The van der Waals surface area contributed by atoms with Crippen LogP contribution < -0.4 is 0 Å². The molecule has 3 heteroatoms. The Labute approximate surface area is 96.7 Å². The van der Waals surface area contributed by atoms with Crippen molar-refractivity contribution in [3.8, 4) is 6.07 Å². The van der Waals surface area contributed by atoms with E-state index in [1.54, 1.807) is 12.2 Å². The largest absolute Gasteiger partial charge is 0.345 e. The standard InChI is InChI=1S/C13H17NO2/c1-11-12(16-13(2,3)15-11)9-7-5-4-6-8-10-14/h4-9,11-12H,1-3H3/b5-4+,8-6+,9-7+/t11-,12-/m1/s1. The van der Waals surface area contributed by atoms with Gasteiger partial charge in [0.15, 0.2) is 5.79 Å². The van der Waals surface area contributed by atoms with E-state index in [0.29, 0.717) is 0 Å². The lowest BCUT2D eigenvalue weighted by Gasteiger charge is -2.15. The van der Waals surface area contributed by atoms with Crippen LogP contribution in [0, 0.1) is 11.3 Å². The molecule has 0 aromatic carbocycles. The summed E-state index contributed by atoms with van der Waals surface area (Å²) >= 11 is 0. The van der Waals surface area contributed by atoms with Crippen molar-refractivity contribution in [2.24, 2.45) is 0 Å². The Morgan fingerprint density at radius 1 is 1.12 bits per heavy atom. The molecule has 1 saturated heterocycles. The van der Waals surface area contributed by atoms with Gasteiger partial charge in [0, 0.05) is 6.08 Å². The van der Waals surface area contributed by atoms with E-state index in [1.807, 2.05) is 45.1 Å². The number of rotatable bonds is 3. The first kappa shape index (κ1) is 12.7. The van der Waals surface area contributed by atoms with Crippen LogP contribution in [-0.2, 0) is 9.47 Å².